The molecular formula is C29H33N7O7. The van der Waals surface area contributed by atoms with Gasteiger partial charge in [-0.25, -0.2) is 19.4 Å². The number of H-pyrrole nitrogens is 2. The van der Waals surface area contributed by atoms with Crippen LogP contribution in [0, 0.1) is 0 Å². The summed E-state index contributed by atoms with van der Waals surface area (Å²) in [4.78, 5) is 51.2. The molecule has 0 saturated carbocycles. The van der Waals surface area contributed by atoms with Gasteiger partial charge >= 0.3 is 11.9 Å². The van der Waals surface area contributed by atoms with Crippen molar-refractivity contribution in [3.05, 3.63) is 86.6 Å². The highest BCUT2D eigenvalue weighted by Gasteiger charge is 2.21. The fourth-order valence-electron chi connectivity index (χ4n) is 4.12. The van der Waals surface area contributed by atoms with Gasteiger partial charge in [0.2, 0.25) is 12.7 Å². The third kappa shape index (κ3) is 8.23. The highest BCUT2D eigenvalue weighted by atomic mass is 16.7. The number of aryl methyl sites for hydroxylation is 1. The van der Waals surface area contributed by atoms with Crippen molar-refractivity contribution < 1.29 is 29.3 Å². The van der Waals surface area contributed by atoms with Crippen LogP contribution in [-0.4, -0.2) is 70.5 Å². The number of aliphatic hydroxyl groups is 1. The third-order valence-corrected chi connectivity index (χ3v) is 6.30. The van der Waals surface area contributed by atoms with E-state index in [4.69, 9.17) is 14.6 Å². The summed E-state index contributed by atoms with van der Waals surface area (Å²) in [5.74, 6) is -1.73. The van der Waals surface area contributed by atoms with Crippen molar-refractivity contribution in [3.8, 4) is 5.88 Å². The number of carboxylic acids is 1. The zero-order valence-electron chi connectivity index (χ0n) is 24.0. The Hall–Kier alpha value is -5.11. The Morgan fingerprint density at radius 1 is 1.16 bits per heavy atom. The van der Waals surface area contributed by atoms with Gasteiger partial charge in [-0.05, 0) is 30.6 Å². The van der Waals surface area contributed by atoms with Gasteiger partial charge in [0.25, 0.3) is 5.56 Å². The fourth-order valence-corrected chi connectivity index (χ4v) is 4.12. The number of carbonyl (C=O) groups excluding carboxylic acids is 1. The molecule has 43 heavy (non-hydrogen) atoms. The second kappa shape index (κ2) is 13.7. The summed E-state index contributed by atoms with van der Waals surface area (Å²) in [6, 6.07) is 7.98. The van der Waals surface area contributed by atoms with Crippen LogP contribution in [0.3, 0.4) is 0 Å². The predicted molar refractivity (Wildman–Crippen MR) is 153 cm³/mol. The van der Waals surface area contributed by atoms with Crippen molar-refractivity contribution in [3.63, 3.8) is 0 Å². The summed E-state index contributed by atoms with van der Waals surface area (Å²) in [7, 11) is 0. The second-order valence-corrected chi connectivity index (χ2v) is 10.6. The fraction of sp³-hybridized carbons (Fsp3) is 0.345. The van der Waals surface area contributed by atoms with Crippen LogP contribution in [0.5, 0.6) is 5.88 Å². The first-order chi connectivity index (χ1) is 20.5. The molecule has 4 aromatic rings. The number of aromatic amines is 2. The molecule has 0 amide bonds. The standard InChI is InChI=1S/C29H33N7O7/c1-29(2,3)25-20(30-16-31-25)13-22-27(33-21(26(39)32-22)12-18-8-5-4-6-9-18)43-17-42-24(38)11-7-10-19-14-36(35-34-19)23(15-37)28(40)41/h4-6,8-9,12-14,16,23,37H,7,10-11,15,17H2,1-3H3,(H,30,31)(H,32,39)(H,40,41)/b21-12-,22-13-. The number of ether oxygens (including phenoxy) is 2. The van der Waals surface area contributed by atoms with E-state index < -0.39 is 36.9 Å². The van der Waals surface area contributed by atoms with E-state index in [1.165, 1.54) is 6.20 Å². The second-order valence-electron chi connectivity index (χ2n) is 10.6. The number of nitrogens with zero attached hydrogens (tertiary/aromatic N) is 5. The van der Waals surface area contributed by atoms with Gasteiger partial charge in [0.1, 0.15) is 10.7 Å². The van der Waals surface area contributed by atoms with Crippen LogP contribution < -0.4 is 21.0 Å². The maximum absolute atomic E-state index is 12.9. The van der Waals surface area contributed by atoms with Crippen molar-refractivity contribution >= 4 is 24.1 Å². The highest BCUT2D eigenvalue weighted by Crippen LogP contribution is 2.23. The smallest absolute Gasteiger partial charge is 0.330 e. The molecule has 3 heterocycles. The summed E-state index contributed by atoms with van der Waals surface area (Å²) >= 11 is 0. The van der Waals surface area contributed by atoms with Crippen LogP contribution in [0.25, 0.3) is 12.2 Å². The van der Waals surface area contributed by atoms with Crippen LogP contribution in [-0.2, 0) is 26.2 Å². The minimum absolute atomic E-state index is 0.0336. The van der Waals surface area contributed by atoms with Crippen LogP contribution in [0.15, 0.2) is 47.7 Å². The average molecular weight is 592 g/mol. The highest BCUT2D eigenvalue weighted by molar-refractivity contribution is 5.71. The number of carboxylic acid groups (broad SMARTS) is 1. The van der Waals surface area contributed by atoms with Crippen molar-refractivity contribution in [1.29, 1.82) is 0 Å². The Morgan fingerprint density at radius 2 is 1.93 bits per heavy atom. The Bertz CT molecular complexity index is 1740. The molecule has 1 atom stereocenters. The van der Waals surface area contributed by atoms with E-state index in [1.807, 2.05) is 51.1 Å². The maximum Gasteiger partial charge on any atom is 0.330 e. The van der Waals surface area contributed by atoms with E-state index in [2.05, 4.69) is 30.2 Å². The van der Waals surface area contributed by atoms with Crippen LogP contribution in [0.1, 0.15) is 62.3 Å². The molecular weight excluding hydrogens is 558 g/mol. The zero-order valence-corrected chi connectivity index (χ0v) is 24.0. The van der Waals surface area contributed by atoms with E-state index in [0.717, 1.165) is 15.9 Å². The summed E-state index contributed by atoms with van der Waals surface area (Å²) < 4.78 is 12.0. The summed E-state index contributed by atoms with van der Waals surface area (Å²) in [6.07, 6.45) is 6.97. The molecule has 0 aliphatic heterocycles. The Balaban J connectivity index is 1.47. The number of rotatable bonds is 12. The van der Waals surface area contributed by atoms with E-state index in [9.17, 15) is 19.5 Å². The van der Waals surface area contributed by atoms with Gasteiger partial charge in [-0.1, -0.05) is 56.3 Å². The number of aliphatic carboxylic acids is 1. The number of hydrogen-bond acceptors (Lipinski definition) is 10. The molecule has 1 aromatic carbocycles. The topological polar surface area (TPSA) is 198 Å². The molecule has 14 heteroatoms. The van der Waals surface area contributed by atoms with E-state index in [0.29, 0.717) is 24.2 Å². The molecule has 1 unspecified atom stereocenters. The lowest BCUT2D eigenvalue weighted by Crippen LogP contribution is -2.38. The van der Waals surface area contributed by atoms with Crippen LogP contribution >= 0.6 is 0 Å². The molecule has 0 fully saturated rings. The quantitative estimate of drug-likeness (QED) is 0.133. The van der Waals surface area contributed by atoms with Gasteiger partial charge in [-0.2, -0.15) is 0 Å². The van der Waals surface area contributed by atoms with Gasteiger partial charge in [-0.3, -0.25) is 9.59 Å². The normalized spacial score (nSPS) is 13.2. The van der Waals surface area contributed by atoms with E-state index >= 15 is 0 Å². The molecule has 4 rings (SSSR count). The lowest BCUT2D eigenvalue weighted by Gasteiger charge is -2.17. The van der Waals surface area contributed by atoms with Crippen molar-refractivity contribution in [2.24, 2.45) is 0 Å². The lowest BCUT2D eigenvalue weighted by molar-refractivity contribution is -0.150. The SMILES string of the molecule is CC(C)(C)c1[nH]cnc1/C=c1\[nH]c(=O)/c(=C/c2ccccc2)nc1OCOC(=O)CCCc1cn(C(CO)C(=O)O)nn1. The minimum atomic E-state index is -1.23. The van der Waals surface area contributed by atoms with Gasteiger partial charge in [0, 0.05) is 23.7 Å². The number of aliphatic hydroxyl groups excluding tert-OH is 1. The number of aromatic nitrogens is 7. The molecule has 4 N–H and O–H groups in total. The number of imidazole rings is 1. The number of carbonyl (C=O) groups is 2. The zero-order chi connectivity index (χ0) is 31.0. The summed E-state index contributed by atoms with van der Waals surface area (Å²) in [6.45, 7) is 5.00. The Labute approximate surface area is 245 Å². The number of hydrogen-bond donors (Lipinski definition) is 4. The van der Waals surface area contributed by atoms with Crippen molar-refractivity contribution in [2.45, 2.75) is 51.5 Å². The minimum Gasteiger partial charge on any atom is -0.480 e. The maximum atomic E-state index is 12.9. The monoisotopic (exact) mass is 591 g/mol. The molecule has 226 valence electrons. The van der Waals surface area contributed by atoms with Crippen molar-refractivity contribution in [1.82, 2.24) is 34.9 Å². The molecule has 0 bridgehead atoms. The van der Waals surface area contributed by atoms with Crippen LogP contribution in [0.2, 0.25) is 0 Å². The summed E-state index contributed by atoms with van der Waals surface area (Å²) in [5.41, 5.74) is 2.00. The number of benzene rings is 1. The third-order valence-electron chi connectivity index (χ3n) is 6.30. The van der Waals surface area contributed by atoms with Gasteiger partial charge < -0.3 is 29.7 Å². The molecule has 0 saturated heterocycles. The first-order valence-corrected chi connectivity index (χ1v) is 13.5. The first-order valence-electron chi connectivity index (χ1n) is 13.5. The molecule has 0 radical (unpaired) electrons. The summed E-state index contributed by atoms with van der Waals surface area (Å²) in [5, 5.41) is 26.3. The number of esters is 1. The van der Waals surface area contributed by atoms with Gasteiger partial charge in [0.15, 0.2) is 6.04 Å². The lowest BCUT2D eigenvalue weighted by atomic mass is 9.90. The Kier molecular flexibility index (Phi) is 9.83. The first kappa shape index (κ1) is 30.8. The van der Waals surface area contributed by atoms with Gasteiger partial charge in [0.05, 0.1) is 24.3 Å². The van der Waals surface area contributed by atoms with Crippen LogP contribution in [0.4, 0.5) is 0 Å². The van der Waals surface area contributed by atoms with E-state index in [1.54, 1.807) is 18.5 Å². The average Bonchev–Trinajstić information content (AvgIpc) is 3.62. The van der Waals surface area contributed by atoms with Crippen molar-refractivity contribution in [2.75, 3.05) is 13.4 Å². The predicted octanol–water partition coefficient (Wildman–Crippen LogP) is 0.560. The molecule has 0 spiro atoms. The number of nitrogens with one attached hydrogen (secondary N) is 2. The molecule has 0 aliphatic rings. The molecule has 3 aromatic heterocycles. The van der Waals surface area contributed by atoms with Gasteiger partial charge in [-0.15, -0.1) is 5.10 Å². The Morgan fingerprint density at radius 3 is 2.63 bits per heavy atom. The molecule has 0 aliphatic carbocycles. The van der Waals surface area contributed by atoms with E-state index in [-0.39, 0.29) is 28.4 Å². The largest absolute Gasteiger partial charge is 0.480 e. The molecule has 14 nitrogen and oxygen atoms in total.